The van der Waals surface area contributed by atoms with Crippen molar-refractivity contribution in [2.45, 2.75) is 38.7 Å². The number of aliphatic hydroxyl groups is 1. The van der Waals surface area contributed by atoms with Gasteiger partial charge in [-0.3, -0.25) is 0 Å². The minimum atomic E-state index is -0.151. The Morgan fingerprint density at radius 2 is 2.33 bits per heavy atom. The van der Waals surface area contributed by atoms with Crippen LogP contribution in [0.15, 0.2) is 12.7 Å². The van der Waals surface area contributed by atoms with E-state index in [1.807, 2.05) is 0 Å². The highest BCUT2D eigenvalue weighted by Crippen LogP contribution is 2.03. The molecule has 0 saturated carbocycles. The predicted octanol–water partition coefficient (Wildman–Crippen LogP) is 2.11. The lowest BCUT2D eigenvalue weighted by Gasteiger charge is -2.04. The van der Waals surface area contributed by atoms with Crippen molar-refractivity contribution in [3.05, 3.63) is 12.7 Å². The van der Waals surface area contributed by atoms with Gasteiger partial charge >= 0.3 is 0 Å². The van der Waals surface area contributed by atoms with Crippen LogP contribution >= 0.6 is 0 Å². The third-order valence-corrected chi connectivity index (χ3v) is 1.33. The minimum Gasteiger partial charge on any atom is -0.393 e. The van der Waals surface area contributed by atoms with Gasteiger partial charge in [-0.25, -0.2) is 0 Å². The summed E-state index contributed by atoms with van der Waals surface area (Å²) in [7, 11) is 0. The van der Waals surface area contributed by atoms with Crippen molar-refractivity contribution in [2.24, 2.45) is 0 Å². The molecule has 1 nitrogen and oxygen atoms in total. The molecular formula is C8H16O. The van der Waals surface area contributed by atoms with E-state index in [0.717, 1.165) is 25.7 Å². The maximum atomic E-state index is 9.11. The second-order valence-corrected chi connectivity index (χ2v) is 2.32. The maximum absolute atomic E-state index is 9.11. The molecule has 0 fully saturated rings. The first kappa shape index (κ1) is 8.70. The number of hydrogen-bond donors (Lipinski definition) is 1. The largest absolute Gasteiger partial charge is 0.393 e. The lowest BCUT2D eigenvalue weighted by molar-refractivity contribution is 0.164. The van der Waals surface area contributed by atoms with Crippen LogP contribution in [0.5, 0.6) is 0 Å². The van der Waals surface area contributed by atoms with Gasteiger partial charge in [0.15, 0.2) is 0 Å². The third kappa shape index (κ3) is 5.57. The van der Waals surface area contributed by atoms with E-state index in [2.05, 4.69) is 13.5 Å². The van der Waals surface area contributed by atoms with Crippen LogP contribution in [0.25, 0.3) is 0 Å². The van der Waals surface area contributed by atoms with E-state index in [-0.39, 0.29) is 6.10 Å². The minimum absolute atomic E-state index is 0.151. The fourth-order valence-corrected chi connectivity index (χ4v) is 0.750. The molecule has 0 bridgehead atoms. The SMILES string of the molecule is C=CC[C@H](O)CCCC. The first-order valence-electron chi connectivity index (χ1n) is 3.60. The van der Waals surface area contributed by atoms with Gasteiger partial charge in [0.1, 0.15) is 0 Å². The Bertz CT molecular complexity index is 69.0. The third-order valence-electron chi connectivity index (χ3n) is 1.33. The summed E-state index contributed by atoms with van der Waals surface area (Å²) >= 11 is 0. The Balaban J connectivity index is 3.04. The van der Waals surface area contributed by atoms with Crippen LogP contribution in [0, 0.1) is 0 Å². The van der Waals surface area contributed by atoms with Crippen LogP contribution in [0.3, 0.4) is 0 Å². The molecule has 0 spiro atoms. The standard InChI is InChI=1S/C8H16O/c1-3-5-7-8(9)6-4-2/h4,8-9H,2-3,5-7H2,1H3/t8-/m0/s1. The Morgan fingerprint density at radius 1 is 1.67 bits per heavy atom. The highest BCUT2D eigenvalue weighted by molar-refractivity contribution is 4.71. The van der Waals surface area contributed by atoms with Crippen LogP contribution in [0.1, 0.15) is 32.6 Å². The Hall–Kier alpha value is -0.300. The van der Waals surface area contributed by atoms with E-state index in [4.69, 9.17) is 5.11 Å². The van der Waals surface area contributed by atoms with Gasteiger partial charge in [-0.15, -0.1) is 6.58 Å². The summed E-state index contributed by atoms with van der Waals surface area (Å²) in [5.41, 5.74) is 0. The number of rotatable bonds is 5. The molecule has 1 heteroatoms. The first-order chi connectivity index (χ1) is 4.31. The normalized spacial score (nSPS) is 13.1. The Morgan fingerprint density at radius 3 is 2.78 bits per heavy atom. The van der Waals surface area contributed by atoms with Gasteiger partial charge < -0.3 is 5.11 Å². The van der Waals surface area contributed by atoms with Gasteiger partial charge in [0.05, 0.1) is 6.10 Å². The van der Waals surface area contributed by atoms with Gasteiger partial charge in [0.2, 0.25) is 0 Å². The quantitative estimate of drug-likeness (QED) is 0.562. The number of unbranched alkanes of at least 4 members (excludes halogenated alkanes) is 1. The fourth-order valence-electron chi connectivity index (χ4n) is 0.750. The molecule has 0 aromatic heterocycles. The molecule has 0 aliphatic carbocycles. The molecule has 0 aromatic carbocycles. The molecule has 54 valence electrons. The zero-order valence-electron chi connectivity index (χ0n) is 6.14. The molecule has 0 amide bonds. The molecule has 1 atom stereocenters. The van der Waals surface area contributed by atoms with Crippen molar-refractivity contribution in [1.82, 2.24) is 0 Å². The van der Waals surface area contributed by atoms with Crippen LogP contribution in [-0.4, -0.2) is 11.2 Å². The monoisotopic (exact) mass is 128 g/mol. The molecule has 0 rings (SSSR count). The van der Waals surface area contributed by atoms with E-state index in [1.165, 1.54) is 0 Å². The van der Waals surface area contributed by atoms with E-state index < -0.39 is 0 Å². The molecule has 0 unspecified atom stereocenters. The zero-order chi connectivity index (χ0) is 7.11. The molecule has 0 saturated heterocycles. The molecule has 0 aliphatic heterocycles. The molecule has 0 radical (unpaired) electrons. The molecule has 1 N–H and O–H groups in total. The van der Waals surface area contributed by atoms with Crippen LogP contribution < -0.4 is 0 Å². The topological polar surface area (TPSA) is 20.2 Å². The van der Waals surface area contributed by atoms with Gasteiger partial charge in [-0.05, 0) is 12.8 Å². The lowest BCUT2D eigenvalue weighted by Crippen LogP contribution is -2.03. The Labute approximate surface area is 57.4 Å². The summed E-state index contributed by atoms with van der Waals surface area (Å²) in [5.74, 6) is 0. The van der Waals surface area contributed by atoms with Crippen molar-refractivity contribution >= 4 is 0 Å². The van der Waals surface area contributed by atoms with Gasteiger partial charge in [0, 0.05) is 0 Å². The smallest absolute Gasteiger partial charge is 0.0574 e. The van der Waals surface area contributed by atoms with Crippen molar-refractivity contribution < 1.29 is 5.11 Å². The first-order valence-corrected chi connectivity index (χ1v) is 3.60. The van der Waals surface area contributed by atoms with Crippen molar-refractivity contribution in [3.63, 3.8) is 0 Å². The average molecular weight is 128 g/mol. The van der Waals surface area contributed by atoms with Gasteiger partial charge in [-0.1, -0.05) is 25.8 Å². The predicted molar refractivity (Wildman–Crippen MR) is 40.3 cm³/mol. The van der Waals surface area contributed by atoms with E-state index in [0.29, 0.717) is 0 Å². The number of aliphatic hydroxyl groups excluding tert-OH is 1. The second-order valence-electron chi connectivity index (χ2n) is 2.32. The summed E-state index contributed by atoms with van der Waals surface area (Å²) < 4.78 is 0. The van der Waals surface area contributed by atoms with Crippen LogP contribution in [-0.2, 0) is 0 Å². The van der Waals surface area contributed by atoms with Crippen molar-refractivity contribution in [2.75, 3.05) is 0 Å². The van der Waals surface area contributed by atoms with Crippen molar-refractivity contribution in [1.29, 1.82) is 0 Å². The van der Waals surface area contributed by atoms with E-state index in [9.17, 15) is 0 Å². The van der Waals surface area contributed by atoms with Gasteiger partial charge in [0.25, 0.3) is 0 Å². The highest BCUT2D eigenvalue weighted by Gasteiger charge is 1.97. The summed E-state index contributed by atoms with van der Waals surface area (Å²) in [6, 6.07) is 0. The molecule has 0 heterocycles. The molecule has 0 aromatic rings. The molecular weight excluding hydrogens is 112 g/mol. The summed E-state index contributed by atoms with van der Waals surface area (Å²) in [6.07, 6.45) is 5.55. The fraction of sp³-hybridized carbons (Fsp3) is 0.750. The summed E-state index contributed by atoms with van der Waals surface area (Å²) in [4.78, 5) is 0. The lowest BCUT2D eigenvalue weighted by atomic mass is 10.1. The Kier molecular flexibility index (Phi) is 5.64. The maximum Gasteiger partial charge on any atom is 0.0574 e. The van der Waals surface area contributed by atoms with Gasteiger partial charge in [-0.2, -0.15) is 0 Å². The summed E-state index contributed by atoms with van der Waals surface area (Å²) in [6.45, 7) is 5.67. The molecule has 0 aliphatic rings. The number of hydrogen-bond acceptors (Lipinski definition) is 1. The molecule has 9 heavy (non-hydrogen) atoms. The van der Waals surface area contributed by atoms with Crippen molar-refractivity contribution in [3.8, 4) is 0 Å². The summed E-state index contributed by atoms with van der Waals surface area (Å²) in [5, 5.41) is 9.11. The van der Waals surface area contributed by atoms with Crippen LogP contribution in [0.4, 0.5) is 0 Å². The zero-order valence-corrected chi connectivity index (χ0v) is 6.14. The van der Waals surface area contributed by atoms with E-state index >= 15 is 0 Å². The van der Waals surface area contributed by atoms with E-state index in [1.54, 1.807) is 6.08 Å². The average Bonchev–Trinajstić information content (AvgIpc) is 1.85. The second kappa shape index (κ2) is 5.83. The van der Waals surface area contributed by atoms with Crippen LogP contribution in [0.2, 0.25) is 0 Å². The highest BCUT2D eigenvalue weighted by atomic mass is 16.3.